The molecule has 3 aromatic heterocycles. The number of ether oxygens (including phenoxy) is 1. The Morgan fingerprint density at radius 2 is 1.85 bits per heavy atom. The lowest BCUT2D eigenvalue weighted by Crippen LogP contribution is -2.13. The summed E-state index contributed by atoms with van der Waals surface area (Å²) in [6, 6.07) is 21.9. The molecule has 0 radical (unpaired) electrons. The molecule has 2 N–H and O–H groups in total. The molecule has 0 aliphatic carbocycles. The number of benzene rings is 3. The van der Waals surface area contributed by atoms with Crippen LogP contribution in [0.3, 0.4) is 0 Å². The average Bonchev–Trinajstić information content (AvgIpc) is 3.48. The summed E-state index contributed by atoms with van der Waals surface area (Å²) in [6.45, 7) is 2.52. The molecule has 0 saturated heterocycles. The van der Waals surface area contributed by atoms with E-state index < -0.39 is 6.09 Å². The predicted molar refractivity (Wildman–Crippen MR) is 146 cm³/mol. The number of fused-ring (bicyclic) bond motifs is 2. The molecule has 10 heteroatoms. The molecule has 39 heavy (non-hydrogen) atoms. The Morgan fingerprint density at radius 3 is 2.69 bits per heavy atom. The maximum Gasteiger partial charge on any atom is 0.412 e. The van der Waals surface area contributed by atoms with Gasteiger partial charge in [-0.25, -0.2) is 18.7 Å². The molecule has 3 heterocycles. The minimum absolute atomic E-state index is 0.174. The standard InChI is InChI=1S/C29H24FN7O2/c1-19-25(35-29(38)39-17-20-6-3-2-4-7-20)16-37-27(19)28(31-18-33-37)34-24-10-11-26-22(13-24)14-32-36(26)15-21-8-5-9-23(30)12-21/h2-14,16,18H,15,17H2,1H3,(H,35,38)(H,31,33,34). The van der Waals surface area contributed by atoms with Gasteiger partial charge < -0.3 is 10.1 Å². The SMILES string of the molecule is Cc1c(NC(=O)OCc2ccccc2)cn2ncnc(Nc3ccc4c(cnn4Cc4cccc(F)c4)c3)c12. The van der Waals surface area contributed by atoms with Crippen molar-refractivity contribution in [3.05, 3.63) is 114 Å². The van der Waals surface area contributed by atoms with E-state index in [2.05, 4.69) is 25.8 Å². The van der Waals surface area contributed by atoms with Crippen molar-refractivity contribution in [3.8, 4) is 0 Å². The zero-order valence-electron chi connectivity index (χ0n) is 21.0. The molecule has 0 bridgehead atoms. The van der Waals surface area contributed by atoms with Crippen LogP contribution in [0.4, 0.5) is 26.4 Å². The number of hydrogen-bond acceptors (Lipinski definition) is 6. The van der Waals surface area contributed by atoms with Gasteiger partial charge in [-0.2, -0.15) is 10.2 Å². The van der Waals surface area contributed by atoms with Crippen molar-refractivity contribution in [2.24, 2.45) is 0 Å². The molecular formula is C29H24FN7O2. The molecule has 194 valence electrons. The number of aromatic nitrogens is 5. The molecule has 0 spiro atoms. The highest BCUT2D eigenvalue weighted by molar-refractivity contribution is 5.91. The lowest BCUT2D eigenvalue weighted by atomic mass is 10.2. The van der Waals surface area contributed by atoms with E-state index in [-0.39, 0.29) is 12.4 Å². The smallest absolute Gasteiger partial charge is 0.412 e. The fourth-order valence-electron chi connectivity index (χ4n) is 4.48. The highest BCUT2D eigenvalue weighted by Gasteiger charge is 2.16. The fourth-order valence-corrected chi connectivity index (χ4v) is 4.48. The summed E-state index contributed by atoms with van der Waals surface area (Å²) in [5, 5.41) is 15.9. The first-order chi connectivity index (χ1) is 19.0. The first kappa shape index (κ1) is 24.1. The summed E-state index contributed by atoms with van der Waals surface area (Å²) in [7, 11) is 0. The molecule has 6 rings (SSSR count). The van der Waals surface area contributed by atoms with Gasteiger partial charge in [0.2, 0.25) is 0 Å². The maximum absolute atomic E-state index is 13.6. The highest BCUT2D eigenvalue weighted by Crippen LogP contribution is 2.29. The third-order valence-corrected chi connectivity index (χ3v) is 6.40. The van der Waals surface area contributed by atoms with Crippen LogP contribution in [0.25, 0.3) is 16.4 Å². The van der Waals surface area contributed by atoms with Crippen LogP contribution < -0.4 is 10.6 Å². The van der Waals surface area contributed by atoms with Crippen LogP contribution in [0.2, 0.25) is 0 Å². The van der Waals surface area contributed by atoms with Crippen molar-refractivity contribution in [1.29, 1.82) is 0 Å². The van der Waals surface area contributed by atoms with Gasteiger partial charge in [-0.15, -0.1) is 0 Å². The van der Waals surface area contributed by atoms with Crippen molar-refractivity contribution in [2.75, 3.05) is 10.6 Å². The van der Waals surface area contributed by atoms with Gasteiger partial charge in [0.25, 0.3) is 0 Å². The number of nitrogens with zero attached hydrogens (tertiary/aromatic N) is 5. The minimum atomic E-state index is -0.555. The molecule has 0 atom stereocenters. The molecule has 0 saturated carbocycles. The second-order valence-electron chi connectivity index (χ2n) is 9.09. The Morgan fingerprint density at radius 1 is 1.00 bits per heavy atom. The number of carbonyl (C=O) groups excluding carboxylic acids is 1. The zero-order valence-corrected chi connectivity index (χ0v) is 21.0. The molecule has 0 aliphatic rings. The number of nitrogens with one attached hydrogen (secondary N) is 2. The third-order valence-electron chi connectivity index (χ3n) is 6.40. The van der Waals surface area contributed by atoms with Gasteiger partial charge in [0.15, 0.2) is 5.82 Å². The number of rotatable bonds is 7. The molecule has 6 aromatic rings. The van der Waals surface area contributed by atoms with E-state index in [1.54, 1.807) is 23.0 Å². The fraction of sp³-hybridized carbons (Fsp3) is 0.103. The predicted octanol–water partition coefficient (Wildman–Crippen LogP) is 6.07. The van der Waals surface area contributed by atoms with Crippen LogP contribution in [0, 0.1) is 12.7 Å². The zero-order chi connectivity index (χ0) is 26.8. The quantitative estimate of drug-likeness (QED) is 0.265. The van der Waals surface area contributed by atoms with Gasteiger partial charge >= 0.3 is 6.09 Å². The molecule has 9 nitrogen and oxygen atoms in total. The number of aryl methyl sites for hydroxylation is 1. The summed E-state index contributed by atoms with van der Waals surface area (Å²) < 4.78 is 22.4. The van der Waals surface area contributed by atoms with Gasteiger partial charge in [0.1, 0.15) is 24.3 Å². The second-order valence-corrected chi connectivity index (χ2v) is 9.09. The van der Waals surface area contributed by atoms with E-state index in [9.17, 15) is 9.18 Å². The van der Waals surface area contributed by atoms with Gasteiger partial charge in [-0.1, -0.05) is 42.5 Å². The van der Waals surface area contributed by atoms with Crippen LogP contribution >= 0.6 is 0 Å². The molecule has 0 unspecified atom stereocenters. The van der Waals surface area contributed by atoms with E-state index in [1.165, 1.54) is 18.5 Å². The molecular weight excluding hydrogens is 497 g/mol. The summed E-state index contributed by atoms with van der Waals surface area (Å²) in [5.74, 6) is 0.314. The average molecular weight is 522 g/mol. The van der Waals surface area contributed by atoms with E-state index in [0.29, 0.717) is 18.1 Å². The number of halogens is 1. The Balaban J connectivity index is 1.20. The molecule has 1 amide bonds. The minimum Gasteiger partial charge on any atom is -0.444 e. The summed E-state index contributed by atoms with van der Waals surface area (Å²) in [5.41, 5.74) is 5.56. The van der Waals surface area contributed by atoms with Crippen LogP contribution in [-0.2, 0) is 17.9 Å². The molecule has 0 fully saturated rings. The first-order valence-electron chi connectivity index (χ1n) is 12.3. The Labute approximate surface area is 222 Å². The number of hydrogen-bond donors (Lipinski definition) is 2. The Kier molecular flexibility index (Phi) is 6.34. The Hall–Kier alpha value is -5.25. The van der Waals surface area contributed by atoms with Crippen molar-refractivity contribution in [3.63, 3.8) is 0 Å². The monoisotopic (exact) mass is 521 g/mol. The summed E-state index contributed by atoms with van der Waals surface area (Å²) >= 11 is 0. The van der Waals surface area contributed by atoms with Crippen molar-refractivity contribution in [1.82, 2.24) is 24.4 Å². The van der Waals surface area contributed by atoms with Crippen LogP contribution in [-0.4, -0.2) is 30.5 Å². The van der Waals surface area contributed by atoms with E-state index >= 15 is 0 Å². The lowest BCUT2D eigenvalue weighted by Gasteiger charge is -2.09. The Bertz CT molecular complexity index is 1800. The third kappa shape index (κ3) is 5.12. The summed E-state index contributed by atoms with van der Waals surface area (Å²) in [6.07, 6.45) is 4.39. The first-order valence-corrected chi connectivity index (χ1v) is 12.3. The molecule has 3 aromatic carbocycles. The topological polar surface area (TPSA) is 98.4 Å². The van der Waals surface area contributed by atoms with Crippen molar-refractivity contribution >= 4 is 39.7 Å². The van der Waals surface area contributed by atoms with Gasteiger partial charge in [-0.3, -0.25) is 10.00 Å². The van der Waals surface area contributed by atoms with Gasteiger partial charge in [0, 0.05) is 16.6 Å². The van der Waals surface area contributed by atoms with Gasteiger partial charge in [0.05, 0.1) is 30.1 Å². The van der Waals surface area contributed by atoms with Crippen molar-refractivity contribution < 1.29 is 13.9 Å². The van der Waals surface area contributed by atoms with Gasteiger partial charge in [-0.05, 0) is 48.4 Å². The van der Waals surface area contributed by atoms with Crippen LogP contribution in [0.5, 0.6) is 0 Å². The van der Waals surface area contributed by atoms with E-state index in [4.69, 9.17) is 4.74 Å². The highest BCUT2D eigenvalue weighted by atomic mass is 19.1. The van der Waals surface area contributed by atoms with Crippen LogP contribution in [0.1, 0.15) is 16.7 Å². The van der Waals surface area contributed by atoms with E-state index in [1.807, 2.05) is 66.2 Å². The summed E-state index contributed by atoms with van der Waals surface area (Å²) in [4.78, 5) is 16.9. The lowest BCUT2D eigenvalue weighted by molar-refractivity contribution is 0.155. The van der Waals surface area contributed by atoms with E-state index in [0.717, 1.165) is 38.8 Å². The molecule has 0 aliphatic heterocycles. The number of anilines is 3. The normalized spacial score (nSPS) is 11.1. The number of carbonyl (C=O) groups is 1. The largest absolute Gasteiger partial charge is 0.444 e. The maximum atomic E-state index is 13.6. The second kappa shape index (κ2) is 10.3. The van der Waals surface area contributed by atoms with Crippen LogP contribution in [0.15, 0.2) is 91.5 Å². The number of amides is 1. The van der Waals surface area contributed by atoms with Crippen molar-refractivity contribution in [2.45, 2.75) is 20.1 Å².